The standard InChI is InChI=1S/C38H23N/c1-2-11-25-24(10-1)20-21-32-31-16-9-15-30-26(22-23-33(37(25)32)38(30)31)27-12-3-6-17-34(27)39-35-18-7-4-13-28(35)29-14-5-8-19-36(29)39/h1-23H. The first-order valence-electron chi connectivity index (χ1n) is 13.5. The van der Waals surface area contributed by atoms with Gasteiger partial charge >= 0.3 is 0 Å². The third-order valence-electron chi connectivity index (χ3n) is 8.54. The van der Waals surface area contributed by atoms with Crippen molar-refractivity contribution in [2.75, 3.05) is 0 Å². The molecule has 1 aromatic heterocycles. The number of aromatic nitrogens is 1. The first kappa shape index (κ1) is 20.9. The highest BCUT2D eigenvalue weighted by atomic mass is 15.0. The maximum Gasteiger partial charge on any atom is 0.0541 e. The lowest BCUT2D eigenvalue weighted by atomic mass is 9.93. The number of benzene rings is 7. The summed E-state index contributed by atoms with van der Waals surface area (Å²) in [7, 11) is 0. The molecule has 0 aliphatic heterocycles. The van der Waals surface area contributed by atoms with Gasteiger partial charge in [0, 0.05) is 16.3 Å². The van der Waals surface area contributed by atoms with Crippen molar-refractivity contribution >= 4 is 43.4 Å². The molecule has 0 saturated carbocycles. The smallest absolute Gasteiger partial charge is 0.0541 e. The largest absolute Gasteiger partial charge is 0.309 e. The zero-order chi connectivity index (χ0) is 25.5. The fraction of sp³-hybridized carbons (Fsp3) is 0. The van der Waals surface area contributed by atoms with Gasteiger partial charge in [0.05, 0.1) is 16.7 Å². The van der Waals surface area contributed by atoms with Gasteiger partial charge in [0.15, 0.2) is 0 Å². The van der Waals surface area contributed by atoms with Gasteiger partial charge in [-0.15, -0.1) is 0 Å². The van der Waals surface area contributed by atoms with E-state index in [2.05, 4.69) is 144 Å². The maximum absolute atomic E-state index is 2.44. The van der Waals surface area contributed by atoms with Gasteiger partial charge in [-0.2, -0.15) is 0 Å². The van der Waals surface area contributed by atoms with Crippen LogP contribution in [0.25, 0.3) is 82.4 Å². The summed E-state index contributed by atoms with van der Waals surface area (Å²) in [5.41, 5.74) is 11.6. The average Bonchev–Trinajstić information content (AvgIpc) is 3.52. The summed E-state index contributed by atoms with van der Waals surface area (Å²) < 4.78 is 2.44. The summed E-state index contributed by atoms with van der Waals surface area (Å²) in [5.74, 6) is 0. The van der Waals surface area contributed by atoms with E-state index in [4.69, 9.17) is 0 Å². The molecule has 0 radical (unpaired) electrons. The molecule has 0 saturated heterocycles. The molecule has 9 rings (SSSR count). The fourth-order valence-electron chi connectivity index (χ4n) is 6.94. The van der Waals surface area contributed by atoms with E-state index in [1.807, 2.05) is 0 Å². The molecule has 1 heteroatoms. The van der Waals surface area contributed by atoms with Gasteiger partial charge < -0.3 is 4.57 Å². The summed E-state index contributed by atoms with van der Waals surface area (Å²) in [5, 5.41) is 7.84. The highest BCUT2D eigenvalue weighted by Crippen LogP contribution is 2.52. The lowest BCUT2D eigenvalue weighted by molar-refractivity contribution is 1.18. The van der Waals surface area contributed by atoms with Gasteiger partial charge in [0.2, 0.25) is 0 Å². The van der Waals surface area contributed by atoms with E-state index in [0.29, 0.717) is 0 Å². The maximum atomic E-state index is 2.44. The number of nitrogens with zero attached hydrogens (tertiary/aromatic N) is 1. The van der Waals surface area contributed by atoms with Crippen molar-refractivity contribution in [3.63, 3.8) is 0 Å². The second kappa shape index (κ2) is 7.69. The van der Waals surface area contributed by atoms with Crippen molar-refractivity contribution in [2.45, 2.75) is 0 Å². The number of hydrogen-bond acceptors (Lipinski definition) is 0. The predicted octanol–water partition coefficient (Wildman–Crippen LogP) is 10.4. The highest BCUT2D eigenvalue weighted by molar-refractivity contribution is 6.23. The minimum atomic E-state index is 1.21. The van der Waals surface area contributed by atoms with Crippen molar-refractivity contribution in [1.29, 1.82) is 0 Å². The molecule has 1 aliphatic carbocycles. The van der Waals surface area contributed by atoms with Crippen molar-refractivity contribution in [1.82, 2.24) is 4.57 Å². The molecule has 0 unspecified atom stereocenters. The Morgan fingerprint density at radius 3 is 1.74 bits per heavy atom. The Kier molecular flexibility index (Phi) is 4.11. The predicted molar refractivity (Wildman–Crippen MR) is 166 cm³/mol. The van der Waals surface area contributed by atoms with Gasteiger partial charge in [-0.1, -0.05) is 121 Å². The third-order valence-corrected chi connectivity index (χ3v) is 8.54. The number of rotatable bonds is 2. The Labute approximate surface area is 226 Å². The molecule has 0 fully saturated rings. The van der Waals surface area contributed by atoms with Crippen molar-refractivity contribution < 1.29 is 0 Å². The molecule has 7 aromatic carbocycles. The van der Waals surface area contributed by atoms with Crippen LogP contribution >= 0.6 is 0 Å². The summed E-state index contributed by atoms with van der Waals surface area (Å²) in [4.78, 5) is 0. The zero-order valence-corrected chi connectivity index (χ0v) is 21.2. The number of fused-ring (bicyclic) bond motifs is 8. The molecule has 180 valence electrons. The monoisotopic (exact) mass is 493 g/mol. The van der Waals surface area contributed by atoms with Crippen molar-refractivity contribution in [3.05, 3.63) is 140 Å². The zero-order valence-electron chi connectivity index (χ0n) is 21.2. The molecule has 0 amide bonds. The van der Waals surface area contributed by atoms with Crippen LogP contribution in [0.15, 0.2) is 140 Å². The molecule has 39 heavy (non-hydrogen) atoms. The van der Waals surface area contributed by atoms with Gasteiger partial charge in [0.25, 0.3) is 0 Å². The molecule has 0 atom stereocenters. The van der Waals surface area contributed by atoms with Crippen molar-refractivity contribution in [2.24, 2.45) is 0 Å². The van der Waals surface area contributed by atoms with E-state index in [9.17, 15) is 0 Å². The fourth-order valence-corrected chi connectivity index (χ4v) is 6.94. The van der Waals surface area contributed by atoms with E-state index < -0.39 is 0 Å². The van der Waals surface area contributed by atoms with Gasteiger partial charge in [-0.05, 0) is 67.6 Å². The molecule has 8 aromatic rings. The summed E-state index contributed by atoms with van der Waals surface area (Å²) in [6, 6.07) is 51.2. The van der Waals surface area contributed by atoms with Crippen LogP contribution in [0.1, 0.15) is 0 Å². The van der Waals surface area contributed by atoms with Crippen LogP contribution in [0.3, 0.4) is 0 Å². The molecular formula is C38H23N. The Hall–Kier alpha value is -5.14. The molecule has 0 spiro atoms. The lowest BCUT2D eigenvalue weighted by Crippen LogP contribution is -1.97. The molecule has 0 N–H and O–H groups in total. The summed E-state index contributed by atoms with van der Waals surface area (Å²) in [6.45, 7) is 0. The van der Waals surface area contributed by atoms with Crippen LogP contribution in [-0.2, 0) is 0 Å². The van der Waals surface area contributed by atoms with Gasteiger partial charge in [0.1, 0.15) is 0 Å². The Morgan fingerprint density at radius 2 is 0.923 bits per heavy atom. The first-order valence-corrected chi connectivity index (χ1v) is 13.5. The first-order chi connectivity index (χ1) is 19.4. The van der Waals surface area contributed by atoms with Crippen LogP contribution in [0.2, 0.25) is 0 Å². The highest BCUT2D eigenvalue weighted by Gasteiger charge is 2.25. The molecule has 0 bridgehead atoms. The minimum absolute atomic E-state index is 1.21. The Bertz CT molecular complexity index is 2230. The molecule has 1 heterocycles. The van der Waals surface area contributed by atoms with Crippen molar-refractivity contribution in [3.8, 4) is 39.1 Å². The number of hydrogen-bond donors (Lipinski definition) is 0. The van der Waals surface area contributed by atoms with E-state index in [0.717, 1.165) is 0 Å². The summed E-state index contributed by atoms with van der Waals surface area (Å²) in [6.07, 6.45) is 0. The third kappa shape index (κ3) is 2.74. The van der Waals surface area contributed by atoms with E-state index >= 15 is 0 Å². The van der Waals surface area contributed by atoms with Crippen LogP contribution in [-0.4, -0.2) is 4.57 Å². The SMILES string of the molecule is c1ccc(-n2c3ccccc3c3ccccc32)c(-c2ccc3c4c(cccc24)-c2ccc4ccccc4c2-3)c1. The number of para-hydroxylation sites is 3. The summed E-state index contributed by atoms with van der Waals surface area (Å²) >= 11 is 0. The second-order valence-corrected chi connectivity index (χ2v) is 10.5. The average molecular weight is 494 g/mol. The second-order valence-electron chi connectivity index (χ2n) is 10.5. The van der Waals surface area contributed by atoms with Crippen LogP contribution in [0.4, 0.5) is 0 Å². The quantitative estimate of drug-likeness (QED) is 0.226. The Balaban J connectivity index is 1.36. The van der Waals surface area contributed by atoms with Gasteiger partial charge in [-0.25, -0.2) is 0 Å². The normalized spacial score (nSPS) is 12.1. The Morgan fingerprint density at radius 1 is 0.333 bits per heavy atom. The molecular weight excluding hydrogens is 470 g/mol. The van der Waals surface area contributed by atoms with Crippen LogP contribution in [0, 0.1) is 0 Å². The van der Waals surface area contributed by atoms with Gasteiger partial charge in [-0.3, -0.25) is 0 Å². The molecule has 1 nitrogen and oxygen atoms in total. The minimum Gasteiger partial charge on any atom is -0.309 e. The van der Waals surface area contributed by atoms with E-state index in [-0.39, 0.29) is 0 Å². The van der Waals surface area contributed by atoms with E-state index in [1.165, 1.54) is 82.4 Å². The topological polar surface area (TPSA) is 4.93 Å². The van der Waals surface area contributed by atoms with Crippen LogP contribution in [0.5, 0.6) is 0 Å². The van der Waals surface area contributed by atoms with E-state index in [1.54, 1.807) is 0 Å². The van der Waals surface area contributed by atoms with Crippen LogP contribution < -0.4 is 0 Å². The molecule has 1 aliphatic rings. The lowest BCUT2D eigenvalue weighted by Gasteiger charge is -2.16.